The number of furan rings is 1. The normalized spacial score (nSPS) is 17.2. The first kappa shape index (κ1) is 16.1. The van der Waals surface area contributed by atoms with Crippen LogP contribution >= 0.6 is 15.9 Å². The summed E-state index contributed by atoms with van der Waals surface area (Å²) in [5.74, 6) is 0.404. The van der Waals surface area contributed by atoms with E-state index in [-0.39, 0.29) is 12.0 Å². The molecule has 1 aromatic carbocycles. The Morgan fingerprint density at radius 1 is 1.43 bits per heavy atom. The van der Waals surface area contributed by atoms with Crippen LogP contribution < -0.4 is 10.1 Å². The van der Waals surface area contributed by atoms with E-state index in [9.17, 15) is 4.79 Å². The summed E-state index contributed by atoms with van der Waals surface area (Å²) < 4.78 is 17.1. The third-order valence-corrected chi connectivity index (χ3v) is 4.08. The van der Waals surface area contributed by atoms with Gasteiger partial charge in [-0.1, -0.05) is 6.07 Å². The maximum Gasteiger partial charge on any atom is 0.259 e. The number of ether oxygens (including phenoxy) is 2. The molecule has 1 N–H and O–H groups in total. The number of carbonyl (C=O) groups excluding carboxylic acids is 1. The van der Waals surface area contributed by atoms with Gasteiger partial charge in [-0.15, -0.1) is 0 Å². The summed E-state index contributed by atoms with van der Waals surface area (Å²) in [5.41, 5.74) is 2.15. The molecule has 1 aliphatic heterocycles. The lowest BCUT2D eigenvalue weighted by Crippen LogP contribution is -2.18. The van der Waals surface area contributed by atoms with Gasteiger partial charge in [0.25, 0.3) is 5.91 Å². The Morgan fingerprint density at radius 2 is 2.30 bits per heavy atom. The molecular weight excluding hydrogens is 362 g/mol. The van der Waals surface area contributed by atoms with E-state index in [2.05, 4.69) is 21.2 Å². The Balaban J connectivity index is 1.71. The van der Waals surface area contributed by atoms with Crippen LogP contribution in [-0.2, 0) is 4.74 Å². The zero-order valence-electron chi connectivity index (χ0n) is 12.8. The fourth-order valence-corrected chi connectivity index (χ4v) is 2.77. The molecule has 1 atom stereocenters. The van der Waals surface area contributed by atoms with Crippen molar-refractivity contribution in [1.29, 1.82) is 0 Å². The minimum atomic E-state index is -0.245. The quantitative estimate of drug-likeness (QED) is 0.846. The predicted molar refractivity (Wildman–Crippen MR) is 90.0 cm³/mol. The van der Waals surface area contributed by atoms with E-state index in [4.69, 9.17) is 13.9 Å². The highest BCUT2D eigenvalue weighted by molar-refractivity contribution is 9.10. The number of aryl methyl sites for hydroxylation is 1. The van der Waals surface area contributed by atoms with Gasteiger partial charge in [-0.2, -0.15) is 0 Å². The van der Waals surface area contributed by atoms with Crippen molar-refractivity contribution in [2.24, 2.45) is 0 Å². The van der Waals surface area contributed by atoms with Crippen molar-refractivity contribution in [3.8, 4) is 5.75 Å². The number of nitrogens with one attached hydrogen (secondary N) is 1. The summed E-state index contributed by atoms with van der Waals surface area (Å²) in [6, 6.07) is 7.30. The van der Waals surface area contributed by atoms with Gasteiger partial charge < -0.3 is 19.2 Å². The van der Waals surface area contributed by atoms with Crippen molar-refractivity contribution >= 4 is 27.5 Å². The van der Waals surface area contributed by atoms with Crippen molar-refractivity contribution in [3.63, 3.8) is 0 Å². The van der Waals surface area contributed by atoms with Crippen LogP contribution in [-0.4, -0.2) is 25.2 Å². The number of carbonyl (C=O) groups is 1. The van der Waals surface area contributed by atoms with Crippen molar-refractivity contribution < 1.29 is 18.7 Å². The summed E-state index contributed by atoms with van der Waals surface area (Å²) in [6.45, 7) is 3.27. The van der Waals surface area contributed by atoms with Crippen LogP contribution in [0.3, 0.4) is 0 Å². The van der Waals surface area contributed by atoms with Gasteiger partial charge in [0.1, 0.15) is 18.6 Å². The molecule has 1 saturated heterocycles. The molecule has 0 bridgehead atoms. The Morgan fingerprint density at radius 3 is 3.00 bits per heavy atom. The first-order valence-electron chi connectivity index (χ1n) is 7.52. The molecule has 1 aliphatic rings. The van der Waals surface area contributed by atoms with Gasteiger partial charge in [0.2, 0.25) is 0 Å². The Labute approximate surface area is 143 Å². The number of hydrogen-bond donors (Lipinski definition) is 1. The van der Waals surface area contributed by atoms with Gasteiger partial charge in [-0.25, -0.2) is 0 Å². The van der Waals surface area contributed by atoms with Crippen molar-refractivity contribution in [2.75, 3.05) is 18.5 Å². The van der Waals surface area contributed by atoms with Gasteiger partial charge in [0.15, 0.2) is 4.67 Å². The topological polar surface area (TPSA) is 60.7 Å². The monoisotopic (exact) mass is 379 g/mol. The van der Waals surface area contributed by atoms with Gasteiger partial charge >= 0.3 is 0 Å². The van der Waals surface area contributed by atoms with E-state index < -0.39 is 0 Å². The van der Waals surface area contributed by atoms with Crippen LogP contribution in [0.25, 0.3) is 0 Å². The van der Waals surface area contributed by atoms with Crippen LogP contribution in [0.5, 0.6) is 5.75 Å². The molecular formula is C17H18BrNO4. The van der Waals surface area contributed by atoms with E-state index >= 15 is 0 Å². The summed E-state index contributed by atoms with van der Waals surface area (Å²) in [6.07, 6.45) is 3.61. The Bertz CT molecular complexity index is 692. The maximum absolute atomic E-state index is 12.3. The van der Waals surface area contributed by atoms with Crippen LogP contribution in [0.1, 0.15) is 28.8 Å². The standard InChI is InChI=1S/C17H18BrNO4/c1-11-4-5-14(19-17(20)12-8-16(18)23-9-12)15(7-11)22-10-13-3-2-6-21-13/h4-5,7-9,13H,2-3,6,10H2,1H3,(H,19,20). The number of rotatable bonds is 5. The number of amides is 1. The molecule has 23 heavy (non-hydrogen) atoms. The van der Waals surface area contributed by atoms with Crippen LogP contribution in [0, 0.1) is 6.92 Å². The second-order valence-corrected chi connectivity index (χ2v) is 6.32. The van der Waals surface area contributed by atoms with Crippen molar-refractivity contribution in [3.05, 3.63) is 46.3 Å². The molecule has 1 fully saturated rings. The second-order valence-electron chi connectivity index (χ2n) is 5.54. The van der Waals surface area contributed by atoms with Crippen molar-refractivity contribution in [1.82, 2.24) is 0 Å². The molecule has 122 valence electrons. The highest BCUT2D eigenvalue weighted by Gasteiger charge is 2.18. The molecule has 1 unspecified atom stereocenters. The molecule has 3 rings (SSSR count). The number of benzene rings is 1. The third-order valence-electron chi connectivity index (χ3n) is 3.66. The molecule has 0 spiro atoms. The highest BCUT2D eigenvalue weighted by Crippen LogP contribution is 2.28. The van der Waals surface area contributed by atoms with Gasteiger partial charge in [0.05, 0.1) is 17.4 Å². The van der Waals surface area contributed by atoms with Crippen LogP contribution in [0.4, 0.5) is 5.69 Å². The first-order valence-corrected chi connectivity index (χ1v) is 8.31. The highest BCUT2D eigenvalue weighted by atomic mass is 79.9. The van der Waals surface area contributed by atoms with Gasteiger partial charge in [-0.05, 0) is 53.4 Å². The zero-order chi connectivity index (χ0) is 16.2. The van der Waals surface area contributed by atoms with Gasteiger partial charge in [0, 0.05) is 12.7 Å². The third kappa shape index (κ3) is 4.14. The van der Waals surface area contributed by atoms with Gasteiger partial charge in [-0.3, -0.25) is 4.79 Å². The Kier molecular flexibility index (Phi) is 5.03. The average molecular weight is 380 g/mol. The maximum atomic E-state index is 12.3. The fraction of sp³-hybridized carbons (Fsp3) is 0.353. The summed E-state index contributed by atoms with van der Waals surface area (Å²) in [5, 5.41) is 2.86. The predicted octanol–water partition coefficient (Wildman–Crippen LogP) is 4.16. The second kappa shape index (κ2) is 7.19. The van der Waals surface area contributed by atoms with E-state index in [0.29, 0.717) is 28.3 Å². The summed E-state index contributed by atoms with van der Waals surface area (Å²) in [4.78, 5) is 12.3. The molecule has 2 aromatic rings. The lowest BCUT2D eigenvalue weighted by molar-refractivity contribution is 0.0681. The number of anilines is 1. The molecule has 2 heterocycles. The molecule has 6 heteroatoms. The van der Waals surface area contributed by atoms with Crippen LogP contribution in [0.2, 0.25) is 0 Å². The van der Waals surface area contributed by atoms with Crippen molar-refractivity contribution in [2.45, 2.75) is 25.9 Å². The smallest absolute Gasteiger partial charge is 0.259 e. The molecule has 5 nitrogen and oxygen atoms in total. The van der Waals surface area contributed by atoms with E-state index in [1.807, 2.05) is 25.1 Å². The van der Waals surface area contributed by atoms with E-state index in [1.54, 1.807) is 6.07 Å². The number of halogens is 1. The summed E-state index contributed by atoms with van der Waals surface area (Å²) >= 11 is 3.19. The lowest BCUT2D eigenvalue weighted by Gasteiger charge is -2.15. The molecule has 1 amide bonds. The zero-order valence-corrected chi connectivity index (χ0v) is 14.4. The molecule has 0 radical (unpaired) electrons. The minimum absolute atomic E-state index is 0.129. The lowest BCUT2D eigenvalue weighted by atomic mass is 10.2. The average Bonchev–Trinajstić information content (AvgIpc) is 3.18. The first-order chi connectivity index (χ1) is 11.1. The molecule has 1 aromatic heterocycles. The molecule has 0 saturated carbocycles. The molecule has 0 aliphatic carbocycles. The minimum Gasteiger partial charge on any atom is -0.489 e. The number of hydrogen-bond acceptors (Lipinski definition) is 4. The summed E-state index contributed by atoms with van der Waals surface area (Å²) in [7, 11) is 0. The van der Waals surface area contributed by atoms with E-state index in [0.717, 1.165) is 25.0 Å². The van der Waals surface area contributed by atoms with Crippen LogP contribution in [0.15, 0.2) is 39.6 Å². The SMILES string of the molecule is Cc1ccc(NC(=O)c2coc(Br)c2)c(OCC2CCCO2)c1. The van der Waals surface area contributed by atoms with E-state index in [1.165, 1.54) is 6.26 Å². The largest absolute Gasteiger partial charge is 0.489 e. The fourth-order valence-electron chi connectivity index (χ4n) is 2.43. The Hall–Kier alpha value is -1.79.